The van der Waals surface area contributed by atoms with Gasteiger partial charge in [-0.3, -0.25) is 0 Å². The molecule has 1 atom stereocenters. The minimum absolute atomic E-state index is 0.213. The second-order valence-electron chi connectivity index (χ2n) is 9.51. The summed E-state index contributed by atoms with van der Waals surface area (Å²) in [5, 5.41) is 10.1. The van der Waals surface area contributed by atoms with Crippen molar-refractivity contribution >= 4 is 39.7 Å². The highest BCUT2D eigenvalue weighted by atomic mass is 28.5. The lowest BCUT2D eigenvalue weighted by Gasteiger charge is -2.43. The van der Waals surface area contributed by atoms with E-state index in [0.29, 0.717) is 6.04 Å². The van der Waals surface area contributed by atoms with Gasteiger partial charge in [-0.05, 0) is 65.8 Å². The van der Waals surface area contributed by atoms with Crippen LogP contribution in [0.15, 0.2) is 12.2 Å². The molecule has 0 aromatic carbocycles. The molecule has 6 nitrogen and oxygen atoms in total. The molecule has 0 aliphatic rings. The van der Waals surface area contributed by atoms with Crippen molar-refractivity contribution < 1.29 is 27.0 Å². The monoisotopic (exact) mass is 438 g/mol. The van der Waals surface area contributed by atoms with Gasteiger partial charge in [0.15, 0.2) is 25.0 Å². The van der Waals surface area contributed by atoms with Crippen LogP contribution in [-0.2, 0) is 21.9 Å². The van der Waals surface area contributed by atoms with Gasteiger partial charge in [0.2, 0.25) is 6.29 Å². The molecule has 0 saturated carbocycles. The van der Waals surface area contributed by atoms with Crippen molar-refractivity contribution in [1.29, 1.82) is 0 Å². The van der Waals surface area contributed by atoms with E-state index < -0.39 is 46.0 Å². The third-order valence-corrected chi connectivity index (χ3v) is 14.7. The molecule has 0 radical (unpaired) electrons. The van der Waals surface area contributed by atoms with Crippen molar-refractivity contribution in [1.82, 2.24) is 0 Å². The highest BCUT2D eigenvalue weighted by molar-refractivity contribution is 6.90. The van der Waals surface area contributed by atoms with Gasteiger partial charge in [0, 0.05) is 18.0 Å². The Hall–Kier alpha value is -0.0825. The van der Waals surface area contributed by atoms with Crippen LogP contribution in [0, 0.1) is 0 Å². The summed E-state index contributed by atoms with van der Waals surface area (Å²) in [6.07, 6.45) is -1.02. The predicted molar refractivity (Wildman–Crippen MR) is 115 cm³/mol. The molecule has 10 heteroatoms. The SMILES string of the molecule is C=C(C)C(=O)OC(O)CC[Si](O[Si](C)(C)C)(O[Si](C)(C)C)O[Si](C)(C)C. The van der Waals surface area contributed by atoms with E-state index in [2.05, 4.69) is 65.5 Å². The Labute approximate surface area is 163 Å². The number of hydrogen-bond donors (Lipinski definition) is 1. The zero-order chi connectivity index (χ0) is 21.0. The topological polar surface area (TPSA) is 74.2 Å². The lowest BCUT2D eigenvalue weighted by molar-refractivity contribution is -0.163. The molecule has 0 rings (SSSR count). The third-order valence-electron chi connectivity index (χ3n) is 2.67. The average molecular weight is 439 g/mol. The molecule has 0 aliphatic carbocycles. The molecule has 0 aliphatic heterocycles. The Morgan fingerprint density at radius 3 is 1.50 bits per heavy atom. The van der Waals surface area contributed by atoms with Crippen molar-refractivity contribution in [3.63, 3.8) is 0 Å². The quantitative estimate of drug-likeness (QED) is 0.224. The smallest absolute Gasteiger partial charge is 0.433 e. The summed E-state index contributed by atoms with van der Waals surface area (Å²) in [5.74, 6) is -0.604. The molecule has 0 amide bonds. The maximum Gasteiger partial charge on any atom is 0.469 e. The highest BCUT2D eigenvalue weighted by Gasteiger charge is 2.50. The van der Waals surface area contributed by atoms with Gasteiger partial charge in [-0.2, -0.15) is 0 Å². The molecular weight excluding hydrogens is 401 g/mol. The molecule has 0 saturated heterocycles. The fourth-order valence-electron chi connectivity index (χ4n) is 2.20. The summed E-state index contributed by atoms with van der Waals surface area (Å²) < 4.78 is 24.5. The largest absolute Gasteiger partial charge is 0.469 e. The van der Waals surface area contributed by atoms with Gasteiger partial charge >= 0.3 is 14.8 Å². The third kappa shape index (κ3) is 12.3. The van der Waals surface area contributed by atoms with Crippen LogP contribution in [0.3, 0.4) is 0 Å². The second-order valence-corrected chi connectivity index (χ2v) is 26.5. The predicted octanol–water partition coefficient (Wildman–Crippen LogP) is 4.31. The van der Waals surface area contributed by atoms with Crippen LogP contribution >= 0.6 is 0 Å². The molecule has 0 spiro atoms. The number of rotatable bonds is 11. The van der Waals surface area contributed by atoms with E-state index in [1.807, 2.05) is 0 Å². The summed E-state index contributed by atoms with van der Waals surface area (Å²) in [6, 6.07) is 0.413. The lowest BCUT2D eigenvalue weighted by atomic mass is 10.3. The first-order valence-electron chi connectivity index (χ1n) is 8.99. The Kier molecular flexibility index (Phi) is 9.38. The van der Waals surface area contributed by atoms with Crippen molar-refractivity contribution in [3.8, 4) is 0 Å². The van der Waals surface area contributed by atoms with E-state index >= 15 is 0 Å². The fourth-order valence-corrected chi connectivity index (χ4v) is 16.8. The van der Waals surface area contributed by atoms with Gasteiger partial charge < -0.3 is 22.2 Å². The summed E-state index contributed by atoms with van der Waals surface area (Å²) in [5.41, 5.74) is 0.252. The van der Waals surface area contributed by atoms with E-state index in [0.717, 1.165) is 0 Å². The number of aliphatic hydroxyl groups is 1. The maximum atomic E-state index is 11.6. The first-order chi connectivity index (χ1) is 11.3. The van der Waals surface area contributed by atoms with Crippen LogP contribution in [0.5, 0.6) is 0 Å². The number of esters is 1. The number of carbonyl (C=O) groups is 1. The first-order valence-corrected chi connectivity index (χ1v) is 21.1. The molecule has 1 unspecified atom stereocenters. The summed E-state index contributed by atoms with van der Waals surface area (Å²) in [4.78, 5) is 11.6. The Bertz CT molecular complexity index is 450. The molecule has 1 N–H and O–H groups in total. The average Bonchev–Trinajstić information content (AvgIpc) is 2.29. The maximum absolute atomic E-state index is 11.6. The van der Waals surface area contributed by atoms with E-state index in [1.165, 1.54) is 0 Å². The molecule has 0 bridgehead atoms. The number of carbonyl (C=O) groups excluding carboxylic acids is 1. The summed E-state index contributed by atoms with van der Waals surface area (Å²) in [6.45, 7) is 24.0. The Morgan fingerprint density at radius 1 is 0.885 bits per heavy atom. The highest BCUT2D eigenvalue weighted by Crippen LogP contribution is 2.30. The summed E-state index contributed by atoms with van der Waals surface area (Å²) in [7, 11) is -8.92. The molecule has 154 valence electrons. The van der Waals surface area contributed by atoms with E-state index in [9.17, 15) is 9.90 Å². The number of ether oxygens (including phenoxy) is 1. The van der Waals surface area contributed by atoms with Crippen molar-refractivity contribution in [2.24, 2.45) is 0 Å². The first kappa shape index (κ1) is 25.9. The minimum atomic E-state index is -3.03. The van der Waals surface area contributed by atoms with Crippen LogP contribution < -0.4 is 0 Å². The molecule has 26 heavy (non-hydrogen) atoms. The van der Waals surface area contributed by atoms with Crippen LogP contribution in [0.1, 0.15) is 13.3 Å². The summed E-state index contributed by atoms with van der Waals surface area (Å²) >= 11 is 0. The lowest BCUT2D eigenvalue weighted by Crippen LogP contribution is -2.60. The van der Waals surface area contributed by atoms with E-state index in [4.69, 9.17) is 17.1 Å². The number of hydrogen-bond acceptors (Lipinski definition) is 6. The Balaban J connectivity index is 5.50. The van der Waals surface area contributed by atoms with Gasteiger partial charge in [0.25, 0.3) is 0 Å². The zero-order valence-electron chi connectivity index (χ0n) is 18.2. The van der Waals surface area contributed by atoms with Crippen LogP contribution in [0.25, 0.3) is 0 Å². The van der Waals surface area contributed by atoms with Crippen molar-refractivity contribution in [3.05, 3.63) is 12.2 Å². The van der Waals surface area contributed by atoms with Crippen LogP contribution in [0.2, 0.25) is 65.0 Å². The van der Waals surface area contributed by atoms with Crippen molar-refractivity contribution in [2.45, 2.75) is 84.6 Å². The van der Waals surface area contributed by atoms with Gasteiger partial charge in [-0.25, -0.2) is 4.79 Å². The van der Waals surface area contributed by atoms with Gasteiger partial charge in [0.1, 0.15) is 0 Å². The zero-order valence-corrected chi connectivity index (χ0v) is 22.2. The van der Waals surface area contributed by atoms with Gasteiger partial charge in [-0.1, -0.05) is 6.58 Å². The second kappa shape index (κ2) is 9.41. The normalized spacial score (nSPS) is 14.9. The van der Waals surface area contributed by atoms with Crippen LogP contribution in [-0.4, -0.2) is 51.1 Å². The van der Waals surface area contributed by atoms with Gasteiger partial charge in [0.05, 0.1) is 0 Å². The van der Waals surface area contributed by atoms with Crippen LogP contribution in [0.4, 0.5) is 0 Å². The Morgan fingerprint density at radius 2 is 1.23 bits per heavy atom. The molecule has 0 heterocycles. The van der Waals surface area contributed by atoms with Crippen molar-refractivity contribution in [2.75, 3.05) is 0 Å². The molecule has 0 aromatic heterocycles. The number of aliphatic hydroxyl groups excluding tert-OH is 1. The van der Waals surface area contributed by atoms with Gasteiger partial charge in [-0.15, -0.1) is 0 Å². The minimum Gasteiger partial charge on any atom is -0.433 e. The molecule has 0 aromatic rings. The standard InChI is InChI=1S/C16H38O6Si4/c1-14(2)16(18)19-15(17)12-13-26(20-23(3,4)5,21-24(6,7)8)22-25(9,10)11/h15,17H,1,12-13H2,2-11H3. The van der Waals surface area contributed by atoms with E-state index in [-0.39, 0.29) is 12.0 Å². The fraction of sp³-hybridized carbons (Fsp3) is 0.812. The molecule has 0 fully saturated rings. The van der Waals surface area contributed by atoms with E-state index in [1.54, 1.807) is 6.92 Å². The molecular formula is C16H38O6Si4.